The van der Waals surface area contributed by atoms with Crippen molar-refractivity contribution in [2.24, 2.45) is 0 Å². The third-order valence-electron chi connectivity index (χ3n) is 3.40. The number of methoxy groups -OCH3 is 1. The largest absolute Gasteiger partial charge is 0.495 e. The molecule has 1 aromatic heterocycles. The molecule has 0 atom stereocenters. The maximum atomic E-state index is 6.00. The molecule has 0 radical (unpaired) electrons. The van der Waals surface area contributed by atoms with Crippen LogP contribution < -0.4 is 15.4 Å². The molecule has 3 rings (SSSR count). The Morgan fingerprint density at radius 3 is 2.94 bits per heavy atom. The molecule has 0 unspecified atom stereocenters. The number of aromatic nitrogens is 2. The van der Waals surface area contributed by atoms with E-state index in [4.69, 9.17) is 10.5 Å². The van der Waals surface area contributed by atoms with Gasteiger partial charge in [-0.2, -0.15) is 5.10 Å². The van der Waals surface area contributed by atoms with Gasteiger partial charge in [0, 0.05) is 37.1 Å². The minimum atomic E-state index is 0.652. The summed E-state index contributed by atoms with van der Waals surface area (Å²) in [7, 11) is 3.71. The monoisotopic (exact) mass is 244 g/mol. The number of nitrogens with two attached hydrogens (primary N) is 1. The molecule has 2 heterocycles. The van der Waals surface area contributed by atoms with Crippen LogP contribution in [0, 0.1) is 0 Å². The number of nitrogen functional groups attached to an aromatic ring is 1. The molecule has 0 saturated carbocycles. The first kappa shape index (κ1) is 11.0. The molecule has 94 valence electrons. The summed E-state index contributed by atoms with van der Waals surface area (Å²) in [5.74, 6) is 0.716. The Morgan fingerprint density at radius 1 is 1.33 bits per heavy atom. The van der Waals surface area contributed by atoms with Gasteiger partial charge < -0.3 is 15.4 Å². The van der Waals surface area contributed by atoms with Gasteiger partial charge in [0.1, 0.15) is 5.75 Å². The molecular formula is C13H16N4O. The van der Waals surface area contributed by atoms with E-state index >= 15 is 0 Å². The number of benzene rings is 1. The van der Waals surface area contributed by atoms with Crippen molar-refractivity contribution in [3.8, 4) is 17.0 Å². The van der Waals surface area contributed by atoms with Crippen molar-refractivity contribution in [1.29, 1.82) is 0 Å². The van der Waals surface area contributed by atoms with Crippen LogP contribution in [0.2, 0.25) is 0 Å². The van der Waals surface area contributed by atoms with Gasteiger partial charge in [-0.25, -0.2) is 0 Å². The van der Waals surface area contributed by atoms with E-state index in [1.807, 2.05) is 29.1 Å². The molecular weight excluding hydrogens is 228 g/mol. The highest BCUT2D eigenvalue weighted by atomic mass is 16.5. The Balaban J connectivity index is 2.26. The standard InChI is InChI=1S/C13H16N4O/c1-16-5-6-17-11(3-4-15-17)9-7-10(14)13(18-2)8-12(9)16/h3-4,7-8H,5-6,14H2,1-2H3. The third kappa shape index (κ3) is 1.51. The summed E-state index contributed by atoms with van der Waals surface area (Å²) in [4.78, 5) is 2.20. The van der Waals surface area contributed by atoms with Crippen LogP contribution in [-0.2, 0) is 6.54 Å². The van der Waals surface area contributed by atoms with Crippen molar-refractivity contribution in [3.05, 3.63) is 24.4 Å². The SMILES string of the molecule is COc1cc2c(cc1N)-c1ccnn1CCN2C. The van der Waals surface area contributed by atoms with Gasteiger partial charge in [-0.05, 0) is 12.1 Å². The predicted octanol–water partition coefficient (Wildman–Crippen LogP) is 1.59. The van der Waals surface area contributed by atoms with Gasteiger partial charge in [0.05, 0.1) is 25.0 Å². The summed E-state index contributed by atoms with van der Waals surface area (Å²) in [5.41, 5.74) is 9.98. The number of fused-ring (bicyclic) bond motifs is 3. The summed E-state index contributed by atoms with van der Waals surface area (Å²) in [6.45, 7) is 1.78. The summed E-state index contributed by atoms with van der Waals surface area (Å²) >= 11 is 0. The quantitative estimate of drug-likeness (QED) is 0.774. The Hall–Kier alpha value is -2.17. The molecule has 0 amide bonds. The summed E-state index contributed by atoms with van der Waals surface area (Å²) in [6, 6.07) is 5.97. The Kier molecular flexibility index (Phi) is 2.40. The molecule has 5 nitrogen and oxygen atoms in total. The van der Waals surface area contributed by atoms with Gasteiger partial charge in [0.2, 0.25) is 0 Å². The number of nitrogens with zero attached hydrogens (tertiary/aromatic N) is 3. The van der Waals surface area contributed by atoms with Crippen molar-refractivity contribution in [2.75, 3.05) is 31.3 Å². The lowest BCUT2D eigenvalue weighted by atomic mass is 10.1. The van der Waals surface area contributed by atoms with Gasteiger partial charge in [-0.1, -0.05) is 0 Å². The maximum absolute atomic E-state index is 6.00. The second-order valence-electron chi connectivity index (χ2n) is 4.47. The zero-order valence-corrected chi connectivity index (χ0v) is 10.6. The summed E-state index contributed by atoms with van der Waals surface area (Å²) in [5, 5.41) is 4.34. The average Bonchev–Trinajstić information content (AvgIpc) is 2.79. The normalized spacial score (nSPS) is 13.8. The molecule has 5 heteroatoms. The maximum Gasteiger partial charge on any atom is 0.143 e. The predicted molar refractivity (Wildman–Crippen MR) is 71.9 cm³/mol. The first-order valence-electron chi connectivity index (χ1n) is 5.91. The highest BCUT2D eigenvalue weighted by molar-refractivity contribution is 5.83. The number of rotatable bonds is 1. The lowest BCUT2D eigenvalue weighted by molar-refractivity contribution is 0.417. The van der Waals surface area contributed by atoms with Crippen molar-refractivity contribution in [2.45, 2.75) is 6.54 Å². The first-order valence-corrected chi connectivity index (χ1v) is 5.91. The number of likely N-dealkylation sites (N-methyl/N-ethyl adjacent to an activating group) is 1. The van der Waals surface area contributed by atoms with Gasteiger partial charge >= 0.3 is 0 Å². The van der Waals surface area contributed by atoms with Crippen LogP contribution in [0.25, 0.3) is 11.3 Å². The third-order valence-corrected chi connectivity index (χ3v) is 3.40. The van der Waals surface area contributed by atoms with Crippen LogP contribution in [-0.4, -0.2) is 30.5 Å². The van der Waals surface area contributed by atoms with E-state index in [1.54, 1.807) is 7.11 Å². The highest BCUT2D eigenvalue weighted by Crippen LogP contribution is 2.38. The fraction of sp³-hybridized carbons (Fsp3) is 0.308. The summed E-state index contributed by atoms with van der Waals surface area (Å²) in [6.07, 6.45) is 1.82. The van der Waals surface area contributed by atoms with E-state index < -0.39 is 0 Å². The molecule has 0 aliphatic carbocycles. The molecule has 0 spiro atoms. The first-order chi connectivity index (χ1) is 8.70. The minimum Gasteiger partial charge on any atom is -0.495 e. The van der Waals surface area contributed by atoms with Crippen LogP contribution in [0.5, 0.6) is 5.75 Å². The molecule has 1 aliphatic rings. The minimum absolute atomic E-state index is 0.652. The number of anilines is 2. The van der Waals surface area contributed by atoms with Crippen LogP contribution in [0.15, 0.2) is 24.4 Å². The number of hydrogen-bond acceptors (Lipinski definition) is 4. The van der Waals surface area contributed by atoms with Crippen LogP contribution in [0.3, 0.4) is 0 Å². The van der Waals surface area contributed by atoms with Gasteiger partial charge in [-0.15, -0.1) is 0 Å². The van der Waals surface area contributed by atoms with E-state index in [9.17, 15) is 0 Å². The summed E-state index contributed by atoms with van der Waals surface area (Å²) < 4.78 is 7.30. The van der Waals surface area contributed by atoms with E-state index in [0.29, 0.717) is 11.4 Å². The van der Waals surface area contributed by atoms with Crippen molar-refractivity contribution in [3.63, 3.8) is 0 Å². The fourth-order valence-corrected chi connectivity index (χ4v) is 2.39. The zero-order valence-electron chi connectivity index (χ0n) is 10.6. The zero-order chi connectivity index (χ0) is 12.7. The molecule has 0 fully saturated rings. The van der Waals surface area contributed by atoms with Crippen molar-refractivity contribution in [1.82, 2.24) is 9.78 Å². The van der Waals surface area contributed by atoms with Crippen LogP contribution in [0.1, 0.15) is 0 Å². The Bertz CT molecular complexity index is 591. The van der Waals surface area contributed by atoms with Gasteiger partial charge in [0.15, 0.2) is 0 Å². The average molecular weight is 244 g/mol. The second kappa shape index (κ2) is 3.94. The molecule has 2 N–H and O–H groups in total. The topological polar surface area (TPSA) is 56.3 Å². The van der Waals surface area contributed by atoms with Crippen molar-refractivity contribution < 1.29 is 4.74 Å². The lowest BCUT2D eigenvalue weighted by Gasteiger charge is -2.20. The smallest absolute Gasteiger partial charge is 0.143 e. The van der Waals surface area contributed by atoms with E-state index in [0.717, 1.165) is 30.0 Å². The number of hydrogen-bond donors (Lipinski definition) is 1. The van der Waals surface area contributed by atoms with Gasteiger partial charge in [0.25, 0.3) is 0 Å². The van der Waals surface area contributed by atoms with Gasteiger partial charge in [-0.3, -0.25) is 4.68 Å². The molecule has 1 aromatic carbocycles. The highest BCUT2D eigenvalue weighted by Gasteiger charge is 2.19. The Morgan fingerprint density at radius 2 is 2.17 bits per heavy atom. The molecule has 1 aliphatic heterocycles. The van der Waals surface area contributed by atoms with E-state index in [-0.39, 0.29) is 0 Å². The molecule has 0 bridgehead atoms. The Labute approximate surface area is 106 Å². The number of ether oxygens (including phenoxy) is 1. The van der Waals surface area contributed by atoms with Crippen LogP contribution in [0.4, 0.5) is 11.4 Å². The lowest BCUT2D eigenvalue weighted by Crippen LogP contribution is -2.21. The fourth-order valence-electron chi connectivity index (χ4n) is 2.39. The molecule has 18 heavy (non-hydrogen) atoms. The molecule has 0 saturated heterocycles. The second-order valence-corrected chi connectivity index (χ2v) is 4.47. The van der Waals surface area contributed by atoms with Crippen LogP contribution >= 0.6 is 0 Å². The van der Waals surface area contributed by atoms with E-state index in [1.165, 1.54) is 0 Å². The molecule has 2 aromatic rings. The van der Waals surface area contributed by atoms with Crippen molar-refractivity contribution >= 4 is 11.4 Å². The van der Waals surface area contributed by atoms with E-state index in [2.05, 4.69) is 17.0 Å².